The van der Waals surface area contributed by atoms with E-state index in [1.54, 1.807) is 26.0 Å². The molecule has 1 aromatic heterocycles. The Labute approximate surface area is 124 Å². The molecule has 0 bridgehead atoms. The number of nitrogen functional groups attached to an aromatic ring is 1. The molecule has 3 N–H and O–H groups in total. The molecule has 0 aliphatic carbocycles. The Morgan fingerprint density at radius 1 is 1.33 bits per heavy atom. The molecule has 0 unspecified atom stereocenters. The summed E-state index contributed by atoms with van der Waals surface area (Å²) in [5.74, 6) is 1.02. The highest BCUT2D eigenvalue weighted by molar-refractivity contribution is 7.89. The van der Waals surface area contributed by atoms with Crippen molar-refractivity contribution in [2.24, 2.45) is 0 Å². The average molecular weight is 309 g/mol. The van der Waals surface area contributed by atoms with E-state index in [1.165, 1.54) is 6.07 Å². The first-order chi connectivity index (χ1) is 9.83. The van der Waals surface area contributed by atoms with Crippen molar-refractivity contribution in [2.45, 2.75) is 38.6 Å². The molecule has 2 rings (SSSR count). The first-order valence-electron chi connectivity index (χ1n) is 6.64. The third-order valence-corrected chi connectivity index (χ3v) is 4.69. The van der Waals surface area contributed by atoms with Gasteiger partial charge in [0.2, 0.25) is 15.9 Å². The van der Waals surface area contributed by atoms with Crippen molar-refractivity contribution in [1.29, 1.82) is 0 Å². The second kappa shape index (κ2) is 5.87. The SMILES string of the molecule is CCc1ccc(S(=O)(=O)NCc2nc(C)c(C)o2)cc1N. The largest absolute Gasteiger partial charge is 0.444 e. The molecule has 1 heterocycles. The second-order valence-electron chi connectivity index (χ2n) is 4.79. The Morgan fingerprint density at radius 3 is 2.57 bits per heavy atom. The minimum Gasteiger partial charge on any atom is -0.444 e. The van der Waals surface area contributed by atoms with Gasteiger partial charge in [-0.15, -0.1) is 0 Å². The van der Waals surface area contributed by atoms with Crippen LogP contribution in [0.5, 0.6) is 0 Å². The summed E-state index contributed by atoms with van der Waals surface area (Å²) in [6.07, 6.45) is 0.758. The number of nitrogens with one attached hydrogen (secondary N) is 1. The Morgan fingerprint density at radius 2 is 2.05 bits per heavy atom. The molecule has 0 aliphatic rings. The monoisotopic (exact) mass is 309 g/mol. The van der Waals surface area contributed by atoms with Crippen molar-refractivity contribution in [3.05, 3.63) is 41.1 Å². The molecule has 7 heteroatoms. The van der Waals surface area contributed by atoms with E-state index in [1.807, 2.05) is 6.92 Å². The van der Waals surface area contributed by atoms with Crippen LogP contribution in [0.1, 0.15) is 29.8 Å². The topological polar surface area (TPSA) is 98.2 Å². The number of hydrogen-bond acceptors (Lipinski definition) is 5. The number of nitrogens with two attached hydrogens (primary N) is 1. The molecule has 0 aliphatic heterocycles. The summed E-state index contributed by atoms with van der Waals surface area (Å²) in [4.78, 5) is 4.27. The molecule has 6 nitrogen and oxygen atoms in total. The van der Waals surface area contributed by atoms with Gasteiger partial charge < -0.3 is 10.2 Å². The van der Waals surface area contributed by atoms with Gasteiger partial charge in [0, 0.05) is 5.69 Å². The zero-order valence-corrected chi connectivity index (χ0v) is 13.1. The number of sulfonamides is 1. The minimum atomic E-state index is -3.64. The van der Waals surface area contributed by atoms with E-state index in [4.69, 9.17) is 10.2 Å². The van der Waals surface area contributed by atoms with Crippen LogP contribution in [0.15, 0.2) is 27.5 Å². The van der Waals surface area contributed by atoms with Crippen LogP contribution >= 0.6 is 0 Å². The molecular weight excluding hydrogens is 290 g/mol. The van der Waals surface area contributed by atoms with E-state index in [0.717, 1.165) is 17.7 Å². The smallest absolute Gasteiger partial charge is 0.241 e. The van der Waals surface area contributed by atoms with Crippen molar-refractivity contribution in [2.75, 3.05) is 5.73 Å². The zero-order valence-electron chi connectivity index (χ0n) is 12.3. The van der Waals surface area contributed by atoms with Gasteiger partial charge in [0.25, 0.3) is 0 Å². The molecule has 0 saturated heterocycles. The van der Waals surface area contributed by atoms with Crippen molar-refractivity contribution in [1.82, 2.24) is 9.71 Å². The van der Waals surface area contributed by atoms with Gasteiger partial charge in [-0.05, 0) is 38.0 Å². The highest BCUT2D eigenvalue weighted by Gasteiger charge is 2.16. The van der Waals surface area contributed by atoms with E-state index in [0.29, 0.717) is 17.3 Å². The summed E-state index contributed by atoms with van der Waals surface area (Å²) in [6.45, 7) is 5.56. The number of nitrogens with zero attached hydrogens (tertiary/aromatic N) is 1. The van der Waals surface area contributed by atoms with E-state index in [-0.39, 0.29) is 11.4 Å². The number of anilines is 1. The Balaban J connectivity index is 2.16. The standard InChI is InChI=1S/C14H19N3O3S/c1-4-11-5-6-12(7-13(11)15)21(18,19)16-8-14-17-9(2)10(3)20-14/h5-7,16H,4,8,15H2,1-3H3. The predicted molar refractivity (Wildman–Crippen MR) is 80.2 cm³/mol. The zero-order chi connectivity index (χ0) is 15.6. The molecule has 0 fully saturated rings. The first kappa shape index (κ1) is 15.5. The molecule has 0 radical (unpaired) electrons. The number of aryl methyl sites for hydroxylation is 3. The van der Waals surface area contributed by atoms with Crippen LogP contribution < -0.4 is 10.5 Å². The van der Waals surface area contributed by atoms with Crippen molar-refractivity contribution >= 4 is 15.7 Å². The fourth-order valence-corrected chi connectivity index (χ4v) is 2.93. The summed E-state index contributed by atoms with van der Waals surface area (Å²) in [7, 11) is -3.64. The number of hydrogen-bond donors (Lipinski definition) is 2. The molecule has 1 aromatic carbocycles. The van der Waals surface area contributed by atoms with Gasteiger partial charge in [-0.2, -0.15) is 0 Å². The van der Waals surface area contributed by atoms with Crippen LogP contribution in [-0.2, 0) is 23.0 Å². The van der Waals surface area contributed by atoms with E-state index in [2.05, 4.69) is 9.71 Å². The van der Waals surface area contributed by atoms with Gasteiger partial charge in [-0.1, -0.05) is 13.0 Å². The van der Waals surface area contributed by atoms with Crippen LogP contribution in [0.4, 0.5) is 5.69 Å². The van der Waals surface area contributed by atoms with E-state index in [9.17, 15) is 8.42 Å². The first-order valence-corrected chi connectivity index (χ1v) is 8.12. The summed E-state index contributed by atoms with van der Waals surface area (Å²) in [5, 5.41) is 0. The Hall–Kier alpha value is -1.86. The van der Waals surface area contributed by atoms with Crippen LogP contribution in [-0.4, -0.2) is 13.4 Å². The summed E-state index contributed by atoms with van der Waals surface area (Å²) >= 11 is 0. The highest BCUT2D eigenvalue weighted by Crippen LogP contribution is 2.19. The minimum absolute atomic E-state index is 0.00640. The number of aromatic nitrogens is 1. The van der Waals surface area contributed by atoms with E-state index >= 15 is 0 Å². The predicted octanol–water partition coefficient (Wildman–Crippen LogP) is 1.91. The van der Waals surface area contributed by atoms with Crippen molar-refractivity contribution < 1.29 is 12.8 Å². The number of rotatable bonds is 5. The Kier molecular flexibility index (Phi) is 4.34. The van der Waals surface area contributed by atoms with Crippen molar-refractivity contribution in [3.8, 4) is 0 Å². The maximum atomic E-state index is 12.2. The van der Waals surface area contributed by atoms with Crippen LogP contribution in [0.3, 0.4) is 0 Å². The van der Waals surface area contributed by atoms with E-state index < -0.39 is 10.0 Å². The number of benzene rings is 1. The molecule has 114 valence electrons. The van der Waals surface area contributed by atoms with Crippen molar-refractivity contribution in [3.63, 3.8) is 0 Å². The van der Waals surface area contributed by atoms with Gasteiger partial charge >= 0.3 is 0 Å². The average Bonchev–Trinajstić information content (AvgIpc) is 2.76. The molecule has 0 saturated carbocycles. The third-order valence-electron chi connectivity index (χ3n) is 3.29. The van der Waals surface area contributed by atoms with Crippen LogP contribution in [0, 0.1) is 13.8 Å². The quantitative estimate of drug-likeness (QED) is 0.822. The summed E-state index contributed by atoms with van der Waals surface area (Å²) < 4.78 is 32.2. The van der Waals surface area contributed by atoms with Crippen LogP contribution in [0.2, 0.25) is 0 Å². The Bertz CT molecular complexity index is 731. The normalized spacial score (nSPS) is 11.8. The summed E-state index contributed by atoms with van der Waals surface area (Å²) in [6, 6.07) is 4.74. The lowest BCUT2D eigenvalue weighted by atomic mass is 10.1. The lowest BCUT2D eigenvalue weighted by molar-refractivity contribution is 0.463. The highest BCUT2D eigenvalue weighted by atomic mass is 32.2. The van der Waals surface area contributed by atoms with Gasteiger partial charge in [-0.3, -0.25) is 0 Å². The molecular formula is C14H19N3O3S. The maximum Gasteiger partial charge on any atom is 0.241 e. The lowest BCUT2D eigenvalue weighted by Crippen LogP contribution is -2.23. The number of oxazole rings is 1. The van der Waals surface area contributed by atoms with Gasteiger partial charge in [-0.25, -0.2) is 18.1 Å². The lowest BCUT2D eigenvalue weighted by Gasteiger charge is -2.08. The fourth-order valence-electron chi connectivity index (χ4n) is 1.92. The molecule has 21 heavy (non-hydrogen) atoms. The maximum absolute atomic E-state index is 12.2. The molecule has 0 atom stereocenters. The fraction of sp³-hybridized carbons (Fsp3) is 0.357. The third kappa shape index (κ3) is 3.43. The van der Waals surface area contributed by atoms with Crippen LogP contribution in [0.25, 0.3) is 0 Å². The van der Waals surface area contributed by atoms with Gasteiger partial charge in [0.05, 0.1) is 17.1 Å². The summed E-state index contributed by atoms with van der Waals surface area (Å²) in [5.41, 5.74) is 7.99. The van der Waals surface area contributed by atoms with Gasteiger partial charge in [0.1, 0.15) is 5.76 Å². The molecule has 2 aromatic rings. The van der Waals surface area contributed by atoms with Gasteiger partial charge in [0.15, 0.2) is 0 Å². The molecule has 0 spiro atoms. The second-order valence-corrected chi connectivity index (χ2v) is 6.55. The molecule has 0 amide bonds.